The number of ether oxygens (including phenoxy) is 1. The third kappa shape index (κ3) is 6.32. The number of rotatable bonds is 8. The first-order valence-corrected chi connectivity index (χ1v) is 15.1. The molecule has 0 unspecified atom stereocenters. The van der Waals surface area contributed by atoms with Gasteiger partial charge in [0.2, 0.25) is 5.82 Å². The predicted octanol–water partition coefficient (Wildman–Crippen LogP) is 10.9. The lowest BCUT2D eigenvalue weighted by molar-refractivity contribution is 0.171. The summed E-state index contributed by atoms with van der Waals surface area (Å²) in [6.45, 7) is 4.35. The third-order valence-corrected chi connectivity index (χ3v) is 9.20. The predicted molar refractivity (Wildman–Crippen MR) is 158 cm³/mol. The normalized spacial score (nSPS) is 23.4. The van der Waals surface area contributed by atoms with Gasteiger partial charge in [-0.15, -0.1) is 0 Å². The smallest absolute Gasteiger partial charge is 0.201 e. The van der Waals surface area contributed by atoms with E-state index in [-0.39, 0.29) is 17.1 Å². The Morgan fingerprint density at radius 1 is 0.725 bits per heavy atom. The molecular formula is C36H41F3O. The Kier molecular flexibility index (Phi) is 9.34. The molecule has 0 amide bonds. The number of hydrogen-bond acceptors (Lipinski definition) is 1. The molecule has 40 heavy (non-hydrogen) atoms. The van der Waals surface area contributed by atoms with Crippen molar-refractivity contribution in [1.82, 2.24) is 0 Å². The minimum atomic E-state index is -0.984. The summed E-state index contributed by atoms with van der Waals surface area (Å²) in [5.74, 6) is 0.646. The minimum absolute atomic E-state index is 0.0810. The maximum absolute atomic E-state index is 15.3. The summed E-state index contributed by atoms with van der Waals surface area (Å²) in [6, 6.07) is 15.6. The van der Waals surface area contributed by atoms with E-state index in [1.165, 1.54) is 50.7 Å². The first kappa shape index (κ1) is 28.5. The van der Waals surface area contributed by atoms with Crippen LogP contribution in [0, 0.1) is 35.2 Å². The second kappa shape index (κ2) is 13.1. The number of hydrogen-bond donors (Lipinski definition) is 0. The lowest BCUT2D eigenvalue weighted by Gasteiger charge is -2.37. The van der Waals surface area contributed by atoms with Crippen LogP contribution < -0.4 is 4.74 Å². The van der Waals surface area contributed by atoms with Gasteiger partial charge in [0.1, 0.15) is 5.82 Å². The van der Waals surface area contributed by atoms with Gasteiger partial charge in [0.15, 0.2) is 11.6 Å². The van der Waals surface area contributed by atoms with E-state index in [4.69, 9.17) is 4.74 Å². The van der Waals surface area contributed by atoms with Crippen LogP contribution in [0.3, 0.4) is 0 Å². The molecule has 212 valence electrons. The zero-order valence-electron chi connectivity index (χ0n) is 23.8. The Hall–Kier alpha value is -3.01. The Morgan fingerprint density at radius 2 is 1.32 bits per heavy atom. The molecule has 0 aliphatic heterocycles. The van der Waals surface area contributed by atoms with Gasteiger partial charge < -0.3 is 4.74 Å². The molecule has 0 spiro atoms. The van der Waals surface area contributed by atoms with Crippen molar-refractivity contribution in [3.8, 4) is 28.0 Å². The molecule has 1 nitrogen and oxygen atoms in total. The standard InChI is InChI=1S/C36H41F3O/c1-3-5-24-6-8-25(9-7-24)26-10-12-27(13-11-26)30-18-19-31(33(37)23-30)28-14-16-29(17-15-28)32-20-21-34(40-22-4-2)36(39)35(32)38/h3,5,14-21,23-27H,4,6-13,22H2,1-2H3. The fourth-order valence-corrected chi connectivity index (χ4v) is 6.93. The molecule has 3 aromatic rings. The van der Waals surface area contributed by atoms with Gasteiger partial charge >= 0.3 is 0 Å². The molecule has 4 heteroatoms. The van der Waals surface area contributed by atoms with Crippen LogP contribution >= 0.6 is 0 Å². The van der Waals surface area contributed by atoms with Crippen molar-refractivity contribution in [2.75, 3.05) is 6.61 Å². The highest BCUT2D eigenvalue weighted by Gasteiger charge is 2.31. The molecule has 2 fully saturated rings. The Balaban J connectivity index is 1.22. The zero-order valence-corrected chi connectivity index (χ0v) is 23.8. The highest BCUT2D eigenvalue weighted by molar-refractivity contribution is 5.71. The summed E-state index contributed by atoms with van der Waals surface area (Å²) >= 11 is 0. The average molecular weight is 547 g/mol. The van der Waals surface area contributed by atoms with E-state index >= 15 is 4.39 Å². The van der Waals surface area contributed by atoms with Gasteiger partial charge in [-0.1, -0.05) is 55.5 Å². The second-order valence-electron chi connectivity index (χ2n) is 11.7. The van der Waals surface area contributed by atoms with Crippen molar-refractivity contribution in [2.45, 2.75) is 77.6 Å². The Morgan fingerprint density at radius 3 is 1.93 bits per heavy atom. The molecule has 0 aromatic heterocycles. The average Bonchev–Trinajstić information content (AvgIpc) is 2.99. The van der Waals surface area contributed by atoms with Crippen LogP contribution in [0.5, 0.6) is 5.75 Å². The Labute approximate surface area is 237 Å². The van der Waals surface area contributed by atoms with Crippen LogP contribution in [-0.2, 0) is 0 Å². The van der Waals surface area contributed by atoms with E-state index in [9.17, 15) is 8.78 Å². The SMILES string of the molecule is CC=CC1CCC(C2CCC(c3ccc(-c4ccc(-c5ccc(OCCC)c(F)c5F)cc4)c(F)c3)CC2)CC1. The fourth-order valence-electron chi connectivity index (χ4n) is 6.93. The quantitative estimate of drug-likeness (QED) is 0.255. The van der Waals surface area contributed by atoms with Crippen LogP contribution in [0.1, 0.15) is 83.1 Å². The summed E-state index contributed by atoms with van der Waals surface area (Å²) in [5.41, 5.74) is 3.03. The van der Waals surface area contributed by atoms with Gasteiger partial charge in [-0.2, -0.15) is 4.39 Å². The monoisotopic (exact) mass is 546 g/mol. The topological polar surface area (TPSA) is 9.23 Å². The summed E-state index contributed by atoms with van der Waals surface area (Å²) in [4.78, 5) is 0. The van der Waals surface area contributed by atoms with Crippen molar-refractivity contribution < 1.29 is 17.9 Å². The molecule has 0 radical (unpaired) electrons. The van der Waals surface area contributed by atoms with Crippen LogP contribution in [0.4, 0.5) is 13.2 Å². The van der Waals surface area contributed by atoms with Crippen molar-refractivity contribution in [3.63, 3.8) is 0 Å². The summed E-state index contributed by atoms with van der Waals surface area (Å²) in [7, 11) is 0. The molecule has 0 heterocycles. The van der Waals surface area contributed by atoms with Gasteiger partial charge in [0.25, 0.3) is 0 Å². The molecule has 5 rings (SSSR count). The summed E-state index contributed by atoms with van der Waals surface area (Å²) in [5, 5.41) is 0. The van der Waals surface area contributed by atoms with Crippen LogP contribution in [0.15, 0.2) is 66.7 Å². The fraction of sp³-hybridized carbons (Fsp3) is 0.444. The first-order chi connectivity index (χ1) is 19.5. The van der Waals surface area contributed by atoms with Crippen LogP contribution in [0.2, 0.25) is 0 Å². The summed E-state index contributed by atoms with van der Waals surface area (Å²) in [6.07, 6.45) is 15.4. The van der Waals surface area contributed by atoms with Crippen LogP contribution in [-0.4, -0.2) is 6.61 Å². The third-order valence-electron chi connectivity index (χ3n) is 9.20. The van der Waals surface area contributed by atoms with Crippen molar-refractivity contribution in [2.24, 2.45) is 17.8 Å². The van der Waals surface area contributed by atoms with Crippen LogP contribution in [0.25, 0.3) is 22.3 Å². The van der Waals surface area contributed by atoms with E-state index in [0.29, 0.717) is 35.6 Å². The van der Waals surface area contributed by atoms with E-state index in [0.717, 1.165) is 36.2 Å². The first-order valence-electron chi connectivity index (χ1n) is 15.1. The number of allylic oxidation sites excluding steroid dienone is 2. The second-order valence-corrected chi connectivity index (χ2v) is 11.7. The molecule has 0 bridgehead atoms. The van der Waals surface area contributed by atoms with Crippen molar-refractivity contribution in [1.29, 1.82) is 0 Å². The number of halogens is 3. The van der Waals surface area contributed by atoms with E-state index in [1.54, 1.807) is 30.3 Å². The maximum Gasteiger partial charge on any atom is 0.201 e. The highest BCUT2D eigenvalue weighted by atomic mass is 19.2. The molecule has 0 saturated heterocycles. The Bertz CT molecular complexity index is 1300. The van der Waals surface area contributed by atoms with E-state index in [1.807, 2.05) is 13.0 Å². The van der Waals surface area contributed by atoms with E-state index in [2.05, 4.69) is 25.1 Å². The maximum atomic E-state index is 15.3. The molecule has 0 N–H and O–H groups in total. The van der Waals surface area contributed by atoms with Gasteiger partial charge in [-0.3, -0.25) is 0 Å². The molecule has 0 atom stereocenters. The van der Waals surface area contributed by atoms with Gasteiger partial charge in [-0.25, -0.2) is 8.78 Å². The highest BCUT2D eigenvalue weighted by Crippen LogP contribution is 2.44. The van der Waals surface area contributed by atoms with Gasteiger partial charge in [0, 0.05) is 11.1 Å². The van der Waals surface area contributed by atoms with Gasteiger partial charge in [-0.05, 0) is 123 Å². The molecule has 2 aliphatic rings. The molecule has 2 saturated carbocycles. The summed E-state index contributed by atoms with van der Waals surface area (Å²) < 4.78 is 49.8. The zero-order chi connectivity index (χ0) is 28.1. The molecule has 2 aliphatic carbocycles. The largest absolute Gasteiger partial charge is 0.490 e. The molecule has 3 aromatic carbocycles. The molecular weight excluding hydrogens is 505 g/mol. The van der Waals surface area contributed by atoms with Crippen molar-refractivity contribution in [3.05, 3.63) is 89.8 Å². The number of benzene rings is 3. The van der Waals surface area contributed by atoms with Gasteiger partial charge in [0.05, 0.1) is 6.61 Å². The van der Waals surface area contributed by atoms with Crippen molar-refractivity contribution >= 4 is 0 Å². The van der Waals surface area contributed by atoms with E-state index < -0.39 is 11.6 Å². The minimum Gasteiger partial charge on any atom is -0.490 e. The lowest BCUT2D eigenvalue weighted by atomic mass is 9.68. The lowest BCUT2D eigenvalue weighted by Crippen LogP contribution is -2.25.